The van der Waals surface area contributed by atoms with Gasteiger partial charge in [-0.15, -0.1) is 6.58 Å². The number of nitrogens with zero attached hydrogens (tertiary/aromatic N) is 1. The number of carbonyl (C=O) groups excluding carboxylic acids is 2. The zero-order valence-corrected chi connectivity index (χ0v) is 12.0. The van der Waals surface area contributed by atoms with Gasteiger partial charge in [0, 0.05) is 11.6 Å². The van der Waals surface area contributed by atoms with Crippen molar-refractivity contribution in [1.29, 1.82) is 0 Å². The summed E-state index contributed by atoms with van der Waals surface area (Å²) in [6, 6.07) is 6.34. The minimum absolute atomic E-state index is 0.109. The van der Waals surface area contributed by atoms with Crippen LogP contribution >= 0.6 is 11.6 Å². The highest BCUT2D eigenvalue weighted by Crippen LogP contribution is 2.35. The summed E-state index contributed by atoms with van der Waals surface area (Å²) >= 11 is 6.21. The predicted octanol–water partition coefficient (Wildman–Crippen LogP) is 1.98. The van der Waals surface area contributed by atoms with Crippen molar-refractivity contribution < 1.29 is 9.59 Å². The SMILES string of the molecule is C=CCN1CC2=C(C1=O)C(c1ccccc1Cl)NC(=O)N2. The first-order valence-corrected chi connectivity index (χ1v) is 6.94. The van der Waals surface area contributed by atoms with Crippen molar-refractivity contribution in [3.63, 3.8) is 0 Å². The number of carbonyl (C=O) groups is 2. The summed E-state index contributed by atoms with van der Waals surface area (Å²) in [5.41, 5.74) is 1.90. The maximum atomic E-state index is 12.5. The molecule has 5 nitrogen and oxygen atoms in total. The zero-order chi connectivity index (χ0) is 15.0. The van der Waals surface area contributed by atoms with E-state index in [-0.39, 0.29) is 11.9 Å². The van der Waals surface area contributed by atoms with Gasteiger partial charge >= 0.3 is 6.03 Å². The minimum atomic E-state index is -0.523. The van der Waals surface area contributed by atoms with E-state index in [1.54, 1.807) is 17.0 Å². The molecule has 0 saturated carbocycles. The predicted molar refractivity (Wildman–Crippen MR) is 79.7 cm³/mol. The number of amides is 3. The minimum Gasteiger partial charge on any atom is -0.329 e. The maximum Gasteiger partial charge on any atom is 0.319 e. The number of halogens is 1. The van der Waals surface area contributed by atoms with Crippen LogP contribution in [0, 0.1) is 0 Å². The molecule has 2 aliphatic heterocycles. The standard InChI is InChI=1S/C15H14ClN3O2/c1-2-7-19-8-11-12(14(19)20)13(18-15(21)17-11)9-5-3-4-6-10(9)16/h2-6,13H,1,7-8H2,(H2,17,18,21). The number of hydrogen-bond acceptors (Lipinski definition) is 2. The van der Waals surface area contributed by atoms with Crippen molar-refractivity contribution in [2.45, 2.75) is 6.04 Å². The summed E-state index contributed by atoms with van der Waals surface area (Å²) < 4.78 is 0. The van der Waals surface area contributed by atoms with Crippen molar-refractivity contribution in [1.82, 2.24) is 15.5 Å². The highest BCUT2D eigenvalue weighted by molar-refractivity contribution is 6.31. The van der Waals surface area contributed by atoms with Crippen LogP contribution in [0.5, 0.6) is 0 Å². The normalized spacial score (nSPS) is 21.0. The number of urea groups is 1. The average molecular weight is 304 g/mol. The van der Waals surface area contributed by atoms with Gasteiger partial charge in [-0.1, -0.05) is 35.9 Å². The monoisotopic (exact) mass is 303 g/mol. The van der Waals surface area contributed by atoms with Crippen molar-refractivity contribution in [2.75, 3.05) is 13.1 Å². The third-order valence-corrected chi connectivity index (χ3v) is 3.93. The topological polar surface area (TPSA) is 61.4 Å². The van der Waals surface area contributed by atoms with Gasteiger partial charge in [0.05, 0.1) is 23.9 Å². The molecule has 1 aromatic rings. The van der Waals surface area contributed by atoms with Crippen LogP contribution in [0.25, 0.3) is 0 Å². The Kier molecular flexibility index (Phi) is 3.43. The molecular weight excluding hydrogens is 290 g/mol. The lowest BCUT2D eigenvalue weighted by Crippen LogP contribution is -2.44. The highest BCUT2D eigenvalue weighted by Gasteiger charge is 2.40. The van der Waals surface area contributed by atoms with E-state index in [1.807, 2.05) is 18.2 Å². The fourth-order valence-electron chi connectivity index (χ4n) is 2.67. The first-order chi connectivity index (χ1) is 10.1. The van der Waals surface area contributed by atoms with Crippen LogP contribution in [0.15, 0.2) is 48.2 Å². The quantitative estimate of drug-likeness (QED) is 0.839. The van der Waals surface area contributed by atoms with E-state index in [2.05, 4.69) is 17.2 Å². The Bertz CT molecular complexity index is 669. The van der Waals surface area contributed by atoms with Crippen molar-refractivity contribution >= 4 is 23.5 Å². The van der Waals surface area contributed by atoms with E-state index in [9.17, 15) is 9.59 Å². The summed E-state index contributed by atoms with van der Waals surface area (Å²) in [7, 11) is 0. The molecule has 108 valence electrons. The van der Waals surface area contributed by atoms with Gasteiger partial charge in [-0.3, -0.25) is 4.79 Å². The summed E-state index contributed by atoms with van der Waals surface area (Å²) in [6.45, 7) is 4.47. The number of hydrogen-bond donors (Lipinski definition) is 2. The van der Waals surface area contributed by atoms with Gasteiger partial charge in [0.2, 0.25) is 0 Å². The average Bonchev–Trinajstić information content (AvgIpc) is 2.75. The van der Waals surface area contributed by atoms with E-state index in [4.69, 9.17) is 11.6 Å². The van der Waals surface area contributed by atoms with Crippen LogP contribution in [0.2, 0.25) is 5.02 Å². The molecule has 1 unspecified atom stereocenters. The van der Waals surface area contributed by atoms with Gasteiger partial charge in [-0.2, -0.15) is 0 Å². The largest absolute Gasteiger partial charge is 0.329 e. The van der Waals surface area contributed by atoms with E-state index < -0.39 is 6.04 Å². The van der Waals surface area contributed by atoms with Gasteiger partial charge < -0.3 is 15.5 Å². The Labute approximate surface area is 127 Å². The lowest BCUT2D eigenvalue weighted by Gasteiger charge is -2.26. The van der Waals surface area contributed by atoms with Gasteiger partial charge in [0.1, 0.15) is 0 Å². The number of nitrogens with one attached hydrogen (secondary N) is 2. The molecule has 0 aliphatic carbocycles. The summed E-state index contributed by atoms with van der Waals surface area (Å²) in [5.74, 6) is -0.109. The van der Waals surface area contributed by atoms with Crippen LogP contribution in [0.4, 0.5) is 4.79 Å². The van der Waals surface area contributed by atoms with Gasteiger partial charge in [0.25, 0.3) is 5.91 Å². The molecule has 3 rings (SSSR count). The molecule has 0 radical (unpaired) electrons. The van der Waals surface area contributed by atoms with E-state index in [0.717, 1.165) is 5.56 Å². The molecule has 2 aliphatic rings. The molecule has 3 amide bonds. The highest BCUT2D eigenvalue weighted by atomic mass is 35.5. The molecule has 6 heteroatoms. The molecule has 0 saturated heterocycles. The van der Waals surface area contributed by atoms with Crippen LogP contribution in [-0.4, -0.2) is 29.9 Å². The lowest BCUT2D eigenvalue weighted by atomic mass is 9.96. The van der Waals surface area contributed by atoms with Gasteiger partial charge in [-0.25, -0.2) is 4.79 Å². The Morgan fingerprint density at radius 3 is 2.86 bits per heavy atom. The lowest BCUT2D eigenvalue weighted by molar-refractivity contribution is -0.125. The van der Waals surface area contributed by atoms with Gasteiger partial charge in [0.15, 0.2) is 0 Å². The number of rotatable bonds is 3. The molecule has 0 spiro atoms. The first-order valence-electron chi connectivity index (χ1n) is 6.57. The molecule has 1 aromatic carbocycles. The van der Waals surface area contributed by atoms with E-state index >= 15 is 0 Å². The summed E-state index contributed by atoms with van der Waals surface area (Å²) in [4.78, 5) is 26.0. The number of benzene rings is 1. The van der Waals surface area contributed by atoms with E-state index in [1.165, 1.54) is 0 Å². The fourth-order valence-corrected chi connectivity index (χ4v) is 2.92. The second-order valence-corrected chi connectivity index (χ2v) is 5.33. The second-order valence-electron chi connectivity index (χ2n) is 4.92. The molecule has 2 heterocycles. The fraction of sp³-hybridized carbons (Fsp3) is 0.200. The Morgan fingerprint density at radius 1 is 1.38 bits per heavy atom. The van der Waals surface area contributed by atoms with Crippen molar-refractivity contribution in [2.24, 2.45) is 0 Å². The second kappa shape index (κ2) is 5.26. The van der Waals surface area contributed by atoms with Crippen LogP contribution in [0.3, 0.4) is 0 Å². The van der Waals surface area contributed by atoms with Crippen LogP contribution in [-0.2, 0) is 4.79 Å². The molecule has 0 bridgehead atoms. The Hall–Kier alpha value is -2.27. The smallest absolute Gasteiger partial charge is 0.319 e. The molecule has 1 atom stereocenters. The van der Waals surface area contributed by atoms with Crippen LogP contribution < -0.4 is 10.6 Å². The summed E-state index contributed by atoms with van der Waals surface area (Å²) in [6.07, 6.45) is 1.66. The first kappa shape index (κ1) is 13.7. The molecule has 2 N–H and O–H groups in total. The zero-order valence-electron chi connectivity index (χ0n) is 11.2. The molecule has 0 aromatic heterocycles. The summed E-state index contributed by atoms with van der Waals surface area (Å²) in [5, 5.41) is 6.00. The third-order valence-electron chi connectivity index (χ3n) is 3.59. The molecule has 0 fully saturated rings. The van der Waals surface area contributed by atoms with Crippen LogP contribution in [0.1, 0.15) is 11.6 Å². The molecule has 21 heavy (non-hydrogen) atoms. The maximum absolute atomic E-state index is 12.5. The Morgan fingerprint density at radius 2 is 2.14 bits per heavy atom. The van der Waals surface area contributed by atoms with Crippen molar-refractivity contribution in [3.8, 4) is 0 Å². The van der Waals surface area contributed by atoms with E-state index in [0.29, 0.717) is 29.4 Å². The van der Waals surface area contributed by atoms with Crippen molar-refractivity contribution in [3.05, 3.63) is 58.8 Å². The third kappa shape index (κ3) is 2.29. The Balaban J connectivity index is 2.03. The molecular formula is C15H14ClN3O2. The van der Waals surface area contributed by atoms with Gasteiger partial charge in [-0.05, 0) is 11.6 Å².